The molecule has 10 nitrogen and oxygen atoms in total. The zero-order valence-corrected chi connectivity index (χ0v) is 22.6. The molecule has 0 saturated carbocycles. The van der Waals surface area contributed by atoms with E-state index < -0.39 is 28.5 Å². The first kappa shape index (κ1) is 27.4. The van der Waals surface area contributed by atoms with Crippen molar-refractivity contribution in [2.45, 2.75) is 6.61 Å². The fraction of sp³-hybridized carbons (Fsp3) is 0.100. The molecule has 1 aliphatic rings. The Bertz CT molecular complexity index is 1700. The topological polar surface area (TPSA) is 128 Å². The number of fused-ring (bicyclic) bond motifs is 1. The van der Waals surface area contributed by atoms with E-state index in [-0.39, 0.29) is 34.3 Å². The number of anilines is 1. The smallest absolute Gasteiger partial charge is 0.294 e. The number of hydrogen-bond donors (Lipinski definition) is 1. The first-order valence-corrected chi connectivity index (χ1v) is 13.2. The number of benzene rings is 4. The van der Waals surface area contributed by atoms with E-state index in [0.29, 0.717) is 17.4 Å². The maximum absolute atomic E-state index is 13.1. The second-order valence-corrected chi connectivity index (χ2v) is 9.93. The summed E-state index contributed by atoms with van der Waals surface area (Å²) in [5.41, 5.74) is 1.12. The van der Waals surface area contributed by atoms with Crippen molar-refractivity contribution < 1.29 is 28.8 Å². The molecule has 4 aromatic carbocycles. The molecule has 0 atom stereocenters. The summed E-state index contributed by atoms with van der Waals surface area (Å²) in [4.78, 5) is 50.6. The summed E-state index contributed by atoms with van der Waals surface area (Å²) in [7, 11) is 1.39. The normalized spacial score (nSPS) is 14.0. The summed E-state index contributed by atoms with van der Waals surface area (Å²) in [6.45, 7) is -0.351. The van der Waals surface area contributed by atoms with Gasteiger partial charge in [0.1, 0.15) is 13.2 Å². The molecule has 5 rings (SSSR count). The average Bonchev–Trinajstić information content (AvgIpc) is 3.23. The number of carbonyl (C=O) groups is 3. The van der Waals surface area contributed by atoms with Crippen LogP contribution in [-0.4, -0.2) is 40.5 Å². The third-order valence-electron chi connectivity index (χ3n) is 6.27. The number of amides is 3. The lowest BCUT2D eigenvalue weighted by atomic mass is 10.1. The highest BCUT2D eigenvalue weighted by molar-refractivity contribution is 8.18. The van der Waals surface area contributed by atoms with Gasteiger partial charge >= 0.3 is 0 Å². The van der Waals surface area contributed by atoms with Gasteiger partial charge in [0.05, 0.1) is 28.6 Å². The van der Waals surface area contributed by atoms with Gasteiger partial charge in [0.2, 0.25) is 5.91 Å². The maximum atomic E-state index is 13.1. The molecule has 3 amide bonds. The summed E-state index contributed by atoms with van der Waals surface area (Å²) in [6, 6.07) is 24.8. The molecule has 11 heteroatoms. The van der Waals surface area contributed by atoms with Gasteiger partial charge < -0.3 is 14.8 Å². The van der Waals surface area contributed by atoms with Gasteiger partial charge in [-0.15, -0.1) is 0 Å². The van der Waals surface area contributed by atoms with Crippen LogP contribution in [0.25, 0.3) is 16.8 Å². The highest BCUT2D eigenvalue weighted by Gasteiger charge is 2.37. The zero-order valence-electron chi connectivity index (χ0n) is 21.7. The summed E-state index contributed by atoms with van der Waals surface area (Å²) in [6.07, 6.45) is 1.25. The number of methoxy groups -OCH3 is 1. The lowest BCUT2D eigenvalue weighted by molar-refractivity contribution is -0.385. The predicted molar refractivity (Wildman–Crippen MR) is 156 cm³/mol. The molecule has 0 aliphatic carbocycles. The van der Waals surface area contributed by atoms with E-state index in [1.54, 1.807) is 12.1 Å². The Morgan fingerprint density at radius 1 is 1.00 bits per heavy atom. The molecule has 0 unspecified atom stereocenters. The molecular formula is C30H23N3O7S. The number of nitrogens with zero attached hydrogens (tertiary/aromatic N) is 2. The van der Waals surface area contributed by atoms with Gasteiger partial charge in [-0.2, -0.15) is 0 Å². The lowest BCUT2D eigenvalue weighted by Crippen LogP contribution is -2.36. The molecule has 0 bridgehead atoms. The molecule has 1 N–H and O–H groups in total. The zero-order chi connectivity index (χ0) is 28.9. The van der Waals surface area contributed by atoms with Crippen LogP contribution < -0.4 is 14.8 Å². The van der Waals surface area contributed by atoms with Crippen molar-refractivity contribution in [2.75, 3.05) is 19.0 Å². The highest BCUT2D eigenvalue weighted by atomic mass is 32.2. The molecular weight excluding hydrogens is 546 g/mol. The minimum absolute atomic E-state index is 0.0459. The molecule has 0 spiro atoms. The molecule has 4 aromatic rings. The van der Waals surface area contributed by atoms with Crippen LogP contribution in [0.15, 0.2) is 89.8 Å². The summed E-state index contributed by atoms with van der Waals surface area (Å²) < 4.78 is 11.2. The van der Waals surface area contributed by atoms with Gasteiger partial charge in [-0.05, 0) is 40.9 Å². The van der Waals surface area contributed by atoms with E-state index in [0.717, 1.165) is 21.2 Å². The molecule has 0 aromatic heterocycles. The third-order valence-corrected chi connectivity index (χ3v) is 7.18. The number of nitrogens with one attached hydrogen (secondary N) is 1. The molecule has 1 fully saturated rings. The average molecular weight is 570 g/mol. The number of imide groups is 1. The van der Waals surface area contributed by atoms with E-state index in [9.17, 15) is 24.5 Å². The summed E-state index contributed by atoms with van der Waals surface area (Å²) >= 11 is 0.597. The van der Waals surface area contributed by atoms with Gasteiger partial charge in [0, 0.05) is 11.1 Å². The molecule has 206 valence electrons. The van der Waals surface area contributed by atoms with Crippen molar-refractivity contribution in [3.63, 3.8) is 0 Å². The van der Waals surface area contributed by atoms with Crippen LogP contribution in [0.3, 0.4) is 0 Å². The van der Waals surface area contributed by atoms with E-state index in [1.807, 2.05) is 60.7 Å². The van der Waals surface area contributed by atoms with Crippen LogP contribution in [0.2, 0.25) is 0 Å². The fourth-order valence-corrected chi connectivity index (χ4v) is 5.12. The Hall–Kier alpha value is -5.16. The first-order valence-electron chi connectivity index (χ1n) is 12.4. The van der Waals surface area contributed by atoms with Gasteiger partial charge in [-0.3, -0.25) is 29.4 Å². The largest absolute Gasteiger partial charge is 0.493 e. The molecule has 1 aliphatic heterocycles. The van der Waals surface area contributed by atoms with Gasteiger partial charge in [0.25, 0.3) is 16.8 Å². The van der Waals surface area contributed by atoms with Crippen LogP contribution in [0.1, 0.15) is 11.1 Å². The second kappa shape index (κ2) is 11.9. The second-order valence-electron chi connectivity index (χ2n) is 8.94. The van der Waals surface area contributed by atoms with E-state index in [4.69, 9.17) is 9.47 Å². The molecule has 1 heterocycles. The molecule has 0 radical (unpaired) electrons. The minimum atomic E-state index is -0.731. The van der Waals surface area contributed by atoms with Gasteiger partial charge in [-0.25, -0.2) is 0 Å². The van der Waals surface area contributed by atoms with Crippen molar-refractivity contribution in [1.29, 1.82) is 0 Å². The monoisotopic (exact) mass is 569 g/mol. The summed E-state index contributed by atoms with van der Waals surface area (Å²) in [5, 5.41) is 15.7. The van der Waals surface area contributed by atoms with Crippen LogP contribution in [0.4, 0.5) is 16.2 Å². The Balaban J connectivity index is 1.35. The fourth-order valence-electron chi connectivity index (χ4n) is 4.29. The molecule has 1 saturated heterocycles. The Morgan fingerprint density at radius 3 is 2.49 bits per heavy atom. The van der Waals surface area contributed by atoms with Crippen molar-refractivity contribution in [3.8, 4) is 11.5 Å². The minimum Gasteiger partial charge on any atom is -0.493 e. The van der Waals surface area contributed by atoms with E-state index >= 15 is 0 Å². The molecule has 41 heavy (non-hydrogen) atoms. The Morgan fingerprint density at radius 2 is 1.73 bits per heavy atom. The quantitative estimate of drug-likeness (QED) is 0.147. The highest BCUT2D eigenvalue weighted by Crippen LogP contribution is 2.39. The number of nitro groups is 1. The van der Waals surface area contributed by atoms with Crippen LogP contribution >= 0.6 is 11.8 Å². The number of ether oxygens (including phenoxy) is 2. The summed E-state index contributed by atoms with van der Waals surface area (Å²) in [5.74, 6) is -0.923. The first-order chi connectivity index (χ1) is 19.8. The van der Waals surface area contributed by atoms with Crippen molar-refractivity contribution in [3.05, 3.63) is 111 Å². The standard InChI is InChI=1S/C30H23N3O7S/c1-39-25-14-21(24(33(37)38)16-26(25)40-18-19-8-3-2-4-9-19)15-27-29(35)32(30(36)41-27)17-28(34)31-23-13-7-11-20-10-5-6-12-22(20)23/h2-16H,17-18H2,1H3,(H,31,34)/b27-15+. The number of thioether (sulfide) groups is 1. The maximum Gasteiger partial charge on any atom is 0.294 e. The van der Waals surface area contributed by atoms with Gasteiger partial charge in [-0.1, -0.05) is 66.7 Å². The number of hydrogen-bond acceptors (Lipinski definition) is 8. The van der Waals surface area contributed by atoms with E-state index in [1.165, 1.54) is 25.3 Å². The number of carbonyl (C=O) groups excluding carboxylic acids is 3. The van der Waals surface area contributed by atoms with Crippen molar-refractivity contribution >= 4 is 57.0 Å². The van der Waals surface area contributed by atoms with Gasteiger partial charge in [0.15, 0.2) is 11.5 Å². The van der Waals surface area contributed by atoms with Crippen LogP contribution in [0.5, 0.6) is 11.5 Å². The van der Waals surface area contributed by atoms with Crippen LogP contribution in [-0.2, 0) is 16.2 Å². The SMILES string of the molecule is COc1cc(/C=C2/SC(=O)N(CC(=O)Nc3cccc4ccccc34)C2=O)c([N+](=O)[O-])cc1OCc1ccccc1. The predicted octanol–water partition coefficient (Wildman–Crippen LogP) is 6.01. The Kier molecular flexibility index (Phi) is 7.97. The number of rotatable bonds is 9. The van der Waals surface area contributed by atoms with Crippen molar-refractivity contribution in [1.82, 2.24) is 4.90 Å². The van der Waals surface area contributed by atoms with Crippen LogP contribution in [0, 0.1) is 10.1 Å². The lowest BCUT2D eigenvalue weighted by Gasteiger charge is -2.14. The third kappa shape index (κ3) is 6.04. The van der Waals surface area contributed by atoms with Crippen molar-refractivity contribution in [2.24, 2.45) is 0 Å². The number of nitro benzene ring substituents is 1. The Labute approximate surface area is 238 Å². The van der Waals surface area contributed by atoms with E-state index in [2.05, 4.69) is 5.32 Å².